The van der Waals surface area contributed by atoms with E-state index in [-0.39, 0.29) is 26.5 Å². The molecule has 1 aliphatic rings. The first-order valence-corrected chi connectivity index (χ1v) is 8.96. The Labute approximate surface area is 133 Å². The Morgan fingerprint density at radius 1 is 1.52 bits per heavy atom. The topological polar surface area (TPSA) is 101 Å². The smallest absolute Gasteiger partial charge is 0.348 e. The standard InChI is InChI=1S/C11H12BrNO6S2/c1-19-11(16)7-5-8(9(12)20-7)21(17,18)13-4-2-3-6(13)10(14)15/h5-6H,2-4H2,1H3,(H,14,15)/t6-/m1/s1. The van der Waals surface area contributed by atoms with Gasteiger partial charge in [-0.15, -0.1) is 11.3 Å². The highest BCUT2D eigenvalue weighted by Gasteiger charge is 2.41. The Morgan fingerprint density at radius 2 is 2.19 bits per heavy atom. The number of hydrogen-bond acceptors (Lipinski definition) is 6. The molecule has 0 radical (unpaired) electrons. The maximum Gasteiger partial charge on any atom is 0.348 e. The molecule has 7 nitrogen and oxygen atoms in total. The van der Waals surface area contributed by atoms with Crippen LogP contribution in [-0.4, -0.2) is 49.5 Å². The van der Waals surface area contributed by atoms with Gasteiger partial charge >= 0.3 is 11.9 Å². The first kappa shape index (κ1) is 16.4. The van der Waals surface area contributed by atoms with E-state index in [9.17, 15) is 18.0 Å². The van der Waals surface area contributed by atoms with Crippen molar-refractivity contribution in [3.05, 3.63) is 14.7 Å². The fourth-order valence-electron chi connectivity index (χ4n) is 2.13. The highest BCUT2D eigenvalue weighted by Crippen LogP contribution is 2.36. The Kier molecular flexibility index (Phi) is 4.71. The molecule has 0 bridgehead atoms. The maximum absolute atomic E-state index is 12.6. The normalized spacial score (nSPS) is 19.6. The predicted molar refractivity (Wildman–Crippen MR) is 77.9 cm³/mol. The van der Waals surface area contributed by atoms with Crippen LogP contribution in [0, 0.1) is 0 Å². The number of sulfonamides is 1. The number of hydrogen-bond donors (Lipinski definition) is 1. The van der Waals surface area contributed by atoms with Crippen LogP contribution in [0.15, 0.2) is 14.7 Å². The third kappa shape index (κ3) is 2.98. The molecular formula is C11H12BrNO6S2. The summed E-state index contributed by atoms with van der Waals surface area (Å²) in [5.74, 6) is -1.81. The second-order valence-electron chi connectivity index (χ2n) is 4.35. The summed E-state index contributed by atoms with van der Waals surface area (Å²) >= 11 is 4.04. The average Bonchev–Trinajstić information content (AvgIpc) is 3.04. The van der Waals surface area contributed by atoms with Gasteiger partial charge < -0.3 is 9.84 Å². The largest absolute Gasteiger partial charge is 0.480 e. The zero-order chi connectivity index (χ0) is 15.8. The highest BCUT2D eigenvalue weighted by molar-refractivity contribution is 9.11. The van der Waals surface area contributed by atoms with E-state index in [2.05, 4.69) is 20.7 Å². The molecule has 116 valence electrons. The number of carbonyl (C=O) groups excluding carboxylic acids is 1. The minimum absolute atomic E-state index is 0.110. The Hall–Kier alpha value is -0.970. The van der Waals surface area contributed by atoms with Crippen LogP contribution in [-0.2, 0) is 19.6 Å². The zero-order valence-corrected chi connectivity index (χ0v) is 14.1. The van der Waals surface area contributed by atoms with Gasteiger partial charge in [0, 0.05) is 6.54 Å². The van der Waals surface area contributed by atoms with Crippen molar-refractivity contribution >= 4 is 49.2 Å². The second-order valence-corrected chi connectivity index (χ2v) is 8.58. The van der Waals surface area contributed by atoms with Gasteiger partial charge in [-0.2, -0.15) is 4.31 Å². The molecule has 1 N–H and O–H groups in total. The lowest BCUT2D eigenvalue weighted by Gasteiger charge is -2.20. The summed E-state index contributed by atoms with van der Waals surface area (Å²) < 4.78 is 30.9. The first-order chi connectivity index (χ1) is 9.78. The molecule has 0 spiro atoms. The number of rotatable bonds is 4. The average molecular weight is 398 g/mol. The molecular weight excluding hydrogens is 386 g/mol. The molecule has 0 amide bonds. The van der Waals surface area contributed by atoms with Crippen LogP contribution < -0.4 is 0 Å². The van der Waals surface area contributed by atoms with E-state index in [1.807, 2.05) is 0 Å². The molecule has 10 heteroatoms. The lowest BCUT2D eigenvalue weighted by molar-refractivity contribution is -0.140. The lowest BCUT2D eigenvalue weighted by Crippen LogP contribution is -2.40. The summed E-state index contributed by atoms with van der Waals surface area (Å²) in [5.41, 5.74) is 0. The van der Waals surface area contributed by atoms with Crippen LogP contribution in [0.25, 0.3) is 0 Å². The number of carbonyl (C=O) groups is 2. The van der Waals surface area contributed by atoms with Crippen LogP contribution in [0.2, 0.25) is 0 Å². The van der Waals surface area contributed by atoms with Crippen molar-refractivity contribution in [3.8, 4) is 0 Å². The van der Waals surface area contributed by atoms with Crippen molar-refractivity contribution in [1.82, 2.24) is 4.31 Å². The minimum atomic E-state index is -3.98. The Balaban J connectivity index is 2.42. The van der Waals surface area contributed by atoms with Crippen molar-refractivity contribution in [2.75, 3.05) is 13.7 Å². The van der Waals surface area contributed by atoms with Gasteiger partial charge in [0.15, 0.2) is 0 Å². The monoisotopic (exact) mass is 397 g/mol. The highest BCUT2D eigenvalue weighted by atomic mass is 79.9. The molecule has 1 aliphatic heterocycles. The fourth-order valence-corrected chi connectivity index (χ4v) is 6.22. The van der Waals surface area contributed by atoms with Crippen molar-refractivity contribution in [2.24, 2.45) is 0 Å². The minimum Gasteiger partial charge on any atom is -0.480 e. The van der Waals surface area contributed by atoms with Crippen LogP contribution in [0.5, 0.6) is 0 Å². The molecule has 0 aromatic carbocycles. The summed E-state index contributed by atoms with van der Waals surface area (Å²) in [4.78, 5) is 22.6. The third-order valence-corrected chi connectivity index (χ3v) is 7.26. The molecule has 2 rings (SSSR count). The Bertz CT molecular complexity index is 683. The van der Waals surface area contributed by atoms with Gasteiger partial charge in [-0.3, -0.25) is 4.79 Å². The zero-order valence-electron chi connectivity index (χ0n) is 10.9. The van der Waals surface area contributed by atoms with Gasteiger partial charge in [-0.25, -0.2) is 13.2 Å². The molecule has 0 aliphatic carbocycles. The number of methoxy groups -OCH3 is 1. The second kappa shape index (κ2) is 6.03. The molecule has 1 atom stereocenters. The summed E-state index contributed by atoms with van der Waals surface area (Å²) in [5, 5.41) is 9.11. The van der Waals surface area contributed by atoms with Gasteiger partial charge in [-0.05, 0) is 34.8 Å². The van der Waals surface area contributed by atoms with Crippen LogP contribution in [0.3, 0.4) is 0 Å². The molecule has 1 saturated heterocycles. The summed E-state index contributed by atoms with van der Waals surface area (Å²) in [7, 11) is -2.78. The summed E-state index contributed by atoms with van der Waals surface area (Å²) in [6.07, 6.45) is 0.766. The van der Waals surface area contributed by atoms with E-state index in [4.69, 9.17) is 5.11 Å². The molecule has 21 heavy (non-hydrogen) atoms. The van der Waals surface area contributed by atoms with E-state index >= 15 is 0 Å². The number of carboxylic acid groups (broad SMARTS) is 1. The summed E-state index contributed by atoms with van der Waals surface area (Å²) in [6, 6.07) is 0.135. The molecule has 0 saturated carbocycles. The molecule has 2 heterocycles. The SMILES string of the molecule is COC(=O)c1cc(S(=O)(=O)N2CCC[C@@H]2C(=O)O)c(Br)s1. The maximum atomic E-state index is 12.6. The van der Waals surface area contributed by atoms with Gasteiger partial charge in [0.05, 0.1) is 10.9 Å². The predicted octanol–water partition coefficient (Wildman–Crippen LogP) is 1.53. The number of ether oxygens (including phenoxy) is 1. The number of carboxylic acids is 1. The third-order valence-electron chi connectivity index (χ3n) is 3.12. The molecule has 1 fully saturated rings. The number of halogens is 1. The van der Waals surface area contributed by atoms with E-state index in [1.165, 1.54) is 13.2 Å². The first-order valence-electron chi connectivity index (χ1n) is 5.91. The van der Waals surface area contributed by atoms with Crippen molar-refractivity contribution in [3.63, 3.8) is 0 Å². The molecule has 1 aromatic heterocycles. The molecule has 0 unspecified atom stereocenters. The van der Waals surface area contributed by atoms with Crippen LogP contribution in [0.4, 0.5) is 0 Å². The van der Waals surface area contributed by atoms with Crippen molar-refractivity contribution < 1.29 is 27.9 Å². The number of nitrogens with zero attached hydrogens (tertiary/aromatic N) is 1. The van der Waals surface area contributed by atoms with Gasteiger partial charge in [0.2, 0.25) is 10.0 Å². The van der Waals surface area contributed by atoms with E-state index in [0.717, 1.165) is 15.6 Å². The number of esters is 1. The van der Waals surface area contributed by atoms with E-state index < -0.39 is 28.0 Å². The summed E-state index contributed by atoms with van der Waals surface area (Å²) in [6.45, 7) is 0.148. The van der Waals surface area contributed by atoms with Crippen LogP contribution >= 0.6 is 27.3 Å². The van der Waals surface area contributed by atoms with Crippen molar-refractivity contribution in [1.29, 1.82) is 0 Å². The lowest BCUT2D eigenvalue weighted by atomic mass is 10.2. The van der Waals surface area contributed by atoms with E-state index in [0.29, 0.717) is 6.42 Å². The Morgan fingerprint density at radius 3 is 2.76 bits per heavy atom. The molecule has 1 aromatic rings. The number of thiophene rings is 1. The number of aliphatic carboxylic acids is 1. The van der Waals surface area contributed by atoms with Gasteiger partial charge in [-0.1, -0.05) is 0 Å². The van der Waals surface area contributed by atoms with Crippen molar-refractivity contribution in [2.45, 2.75) is 23.8 Å². The van der Waals surface area contributed by atoms with Gasteiger partial charge in [0.1, 0.15) is 15.8 Å². The van der Waals surface area contributed by atoms with E-state index in [1.54, 1.807) is 0 Å². The van der Waals surface area contributed by atoms with Crippen LogP contribution in [0.1, 0.15) is 22.5 Å². The fraction of sp³-hybridized carbons (Fsp3) is 0.455. The van der Waals surface area contributed by atoms with Gasteiger partial charge in [0.25, 0.3) is 0 Å². The quantitative estimate of drug-likeness (QED) is 0.773.